The largest absolute Gasteiger partial charge is 0.504 e. The Balaban J connectivity index is 2.00. The topological polar surface area (TPSA) is 79.8 Å². The predicted molar refractivity (Wildman–Crippen MR) is 79.9 cm³/mol. The van der Waals surface area contributed by atoms with Crippen LogP contribution in [0.2, 0.25) is 0 Å². The number of rotatable bonds is 3. The number of carbonyl (C=O) groups is 1. The summed E-state index contributed by atoms with van der Waals surface area (Å²) in [5.74, 6) is 0.380. The van der Waals surface area contributed by atoms with Crippen LogP contribution in [0.25, 0.3) is 0 Å². The molecule has 0 spiro atoms. The molecule has 1 aromatic carbocycles. The van der Waals surface area contributed by atoms with Gasteiger partial charge in [0.2, 0.25) is 0 Å². The van der Waals surface area contributed by atoms with E-state index in [1.54, 1.807) is 32.9 Å². The molecule has 1 aliphatic heterocycles. The molecular formula is C15H22N2O4. The minimum atomic E-state index is -0.568. The van der Waals surface area contributed by atoms with Crippen LogP contribution in [0, 0.1) is 0 Å². The lowest BCUT2D eigenvalue weighted by Gasteiger charge is -2.39. The van der Waals surface area contributed by atoms with Crippen LogP contribution in [0.15, 0.2) is 18.2 Å². The monoisotopic (exact) mass is 294 g/mol. The number of carbonyl (C=O) groups excluding carboxylic acids is 1. The molecule has 1 amide bonds. The lowest BCUT2D eigenvalue weighted by Crippen LogP contribution is -2.61. The van der Waals surface area contributed by atoms with Crippen molar-refractivity contribution in [1.29, 1.82) is 0 Å². The van der Waals surface area contributed by atoms with Crippen molar-refractivity contribution in [2.24, 2.45) is 0 Å². The van der Waals surface area contributed by atoms with Gasteiger partial charge in [0.05, 0.1) is 0 Å². The van der Waals surface area contributed by atoms with E-state index in [0.29, 0.717) is 11.4 Å². The zero-order valence-electron chi connectivity index (χ0n) is 12.8. The average molecular weight is 294 g/mol. The van der Waals surface area contributed by atoms with Crippen LogP contribution < -0.4 is 15.4 Å². The zero-order valence-corrected chi connectivity index (χ0v) is 12.8. The smallest absolute Gasteiger partial charge is 0.412 e. The molecule has 0 saturated carbocycles. The molecule has 0 unspecified atom stereocenters. The van der Waals surface area contributed by atoms with Crippen molar-refractivity contribution in [3.8, 4) is 11.5 Å². The molecule has 1 fully saturated rings. The second-order valence-electron chi connectivity index (χ2n) is 6.46. The van der Waals surface area contributed by atoms with Gasteiger partial charge in [-0.05, 0) is 39.8 Å². The van der Waals surface area contributed by atoms with Gasteiger partial charge in [-0.25, -0.2) is 4.79 Å². The van der Waals surface area contributed by atoms with E-state index < -0.39 is 11.7 Å². The highest BCUT2D eigenvalue weighted by molar-refractivity contribution is 5.85. The van der Waals surface area contributed by atoms with Gasteiger partial charge in [-0.15, -0.1) is 0 Å². The number of amides is 1. The van der Waals surface area contributed by atoms with E-state index in [2.05, 4.69) is 10.6 Å². The molecule has 6 heteroatoms. The van der Waals surface area contributed by atoms with Gasteiger partial charge in [0.1, 0.15) is 11.2 Å². The van der Waals surface area contributed by atoms with E-state index >= 15 is 0 Å². The molecule has 2 rings (SSSR count). The molecule has 1 aliphatic rings. The van der Waals surface area contributed by atoms with Gasteiger partial charge in [-0.2, -0.15) is 0 Å². The van der Waals surface area contributed by atoms with Gasteiger partial charge < -0.3 is 19.9 Å². The Morgan fingerprint density at radius 3 is 2.52 bits per heavy atom. The Labute approximate surface area is 124 Å². The summed E-state index contributed by atoms with van der Waals surface area (Å²) in [4.78, 5) is 11.7. The first-order valence-electron chi connectivity index (χ1n) is 6.90. The first-order chi connectivity index (χ1) is 9.67. The molecule has 6 nitrogen and oxygen atoms in total. The summed E-state index contributed by atoms with van der Waals surface area (Å²) in [6, 6.07) is 4.73. The number of hydrogen-bond acceptors (Lipinski definition) is 5. The summed E-state index contributed by atoms with van der Waals surface area (Å²) < 4.78 is 10.9. The number of phenolic OH excluding ortho intramolecular Hbond substituents is 1. The van der Waals surface area contributed by atoms with Crippen LogP contribution in [0.1, 0.15) is 27.7 Å². The Hall–Kier alpha value is -1.95. The molecular weight excluding hydrogens is 272 g/mol. The maximum Gasteiger partial charge on any atom is 0.412 e. The lowest BCUT2D eigenvalue weighted by molar-refractivity contribution is 0.0324. The molecule has 0 bridgehead atoms. The fraction of sp³-hybridized carbons (Fsp3) is 0.533. The minimum Gasteiger partial charge on any atom is -0.504 e. The van der Waals surface area contributed by atoms with E-state index in [1.165, 1.54) is 6.07 Å². The number of phenols is 1. The number of aromatic hydroxyl groups is 1. The van der Waals surface area contributed by atoms with Gasteiger partial charge in [0, 0.05) is 24.8 Å². The minimum absolute atomic E-state index is 0.0170. The molecule has 0 aliphatic carbocycles. The van der Waals surface area contributed by atoms with Gasteiger partial charge >= 0.3 is 6.09 Å². The van der Waals surface area contributed by atoms with Crippen molar-refractivity contribution < 1.29 is 19.4 Å². The maximum absolute atomic E-state index is 11.7. The van der Waals surface area contributed by atoms with Gasteiger partial charge in [0.25, 0.3) is 0 Å². The fourth-order valence-electron chi connectivity index (χ4n) is 1.92. The number of benzene rings is 1. The van der Waals surface area contributed by atoms with E-state index in [9.17, 15) is 9.90 Å². The summed E-state index contributed by atoms with van der Waals surface area (Å²) in [5, 5.41) is 15.7. The fourth-order valence-corrected chi connectivity index (χ4v) is 1.92. The SMILES string of the molecule is CC(C)(C)OC(=O)Nc1ccc(OC2(C)CNC2)c(O)c1. The molecule has 1 heterocycles. The van der Waals surface area contributed by atoms with Gasteiger partial charge in [-0.1, -0.05) is 0 Å². The summed E-state index contributed by atoms with van der Waals surface area (Å²) in [6.07, 6.45) is -0.564. The Morgan fingerprint density at radius 2 is 2.05 bits per heavy atom. The van der Waals surface area contributed by atoms with Crippen LogP contribution in [0.5, 0.6) is 11.5 Å². The summed E-state index contributed by atoms with van der Waals surface area (Å²) >= 11 is 0. The van der Waals surface area contributed by atoms with E-state index in [1.807, 2.05) is 6.92 Å². The van der Waals surface area contributed by atoms with Gasteiger partial charge in [-0.3, -0.25) is 5.32 Å². The van der Waals surface area contributed by atoms with Crippen LogP contribution in [0.4, 0.5) is 10.5 Å². The van der Waals surface area contributed by atoms with Crippen LogP contribution in [-0.4, -0.2) is 35.5 Å². The highest BCUT2D eigenvalue weighted by Crippen LogP contribution is 2.33. The van der Waals surface area contributed by atoms with Crippen LogP contribution in [0.3, 0.4) is 0 Å². The van der Waals surface area contributed by atoms with Crippen molar-refractivity contribution in [1.82, 2.24) is 5.32 Å². The standard InChI is InChI=1S/C15H22N2O4/c1-14(2,3)21-13(19)17-10-5-6-12(11(18)7-10)20-15(4)8-16-9-15/h5-7,16,18H,8-9H2,1-4H3,(H,17,19). The number of nitrogens with one attached hydrogen (secondary N) is 2. The number of hydrogen-bond donors (Lipinski definition) is 3. The number of anilines is 1. The van der Waals surface area contributed by atoms with E-state index in [0.717, 1.165) is 13.1 Å². The molecule has 3 N–H and O–H groups in total. The molecule has 0 atom stereocenters. The van der Waals surface area contributed by atoms with Crippen molar-refractivity contribution in [3.63, 3.8) is 0 Å². The Bertz CT molecular complexity index is 533. The zero-order chi connectivity index (χ0) is 15.7. The molecule has 1 saturated heterocycles. The normalized spacial score (nSPS) is 16.8. The third-order valence-electron chi connectivity index (χ3n) is 2.96. The second-order valence-corrected chi connectivity index (χ2v) is 6.46. The highest BCUT2D eigenvalue weighted by atomic mass is 16.6. The Kier molecular flexibility index (Phi) is 4.00. The lowest BCUT2D eigenvalue weighted by atomic mass is 10.00. The third-order valence-corrected chi connectivity index (χ3v) is 2.96. The first kappa shape index (κ1) is 15.4. The molecule has 21 heavy (non-hydrogen) atoms. The first-order valence-corrected chi connectivity index (χ1v) is 6.90. The molecule has 0 radical (unpaired) electrons. The second kappa shape index (κ2) is 5.44. The van der Waals surface area contributed by atoms with Crippen molar-refractivity contribution in [2.45, 2.75) is 38.9 Å². The van der Waals surface area contributed by atoms with Gasteiger partial charge in [0.15, 0.2) is 11.5 Å². The molecule has 0 aromatic heterocycles. The van der Waals surface area contributed by atoms with E-state index in [4.69, 9.17) is 9.47 Å². The van der Waals surface area contributed by atoms with Crippen LogP contribution >= 0.6 is 0 Å². The molecule has 116 valence electrons. The third kappa shape index (κ3) is 4.26. The van der Waals surface area contributed by atoms with E-state index in [-0.39, 0.29) is 11.4 Å². The van der Waals surface area contributed by atoms with Crippen molar-refractivity contribution in [2.75, 3.05) is 18.4 Å². The highest BCUT2D eigenvalue weighted by Gasteiger charge is 2.34. The maximum atomic E-state index is 11.7. The van der Waals surface area contributed by atoms with Crippen LogP contribution in [-0.2, 0) is 4.74 Å². The van der Waals surface area contributed by atoms with Crippen molar-refractivity contribution >= 4 is 11.8 Å². The molecule has 1 aromatic rings. The summed E-state index contributed by atoms with van der Waals surface area (Å²) in [7, 11) is 0. The predicted octanol–water partition coefficient (Wildman–Crippen LogP) is 2.48. The average Bonchev–Trinajstić information content (AvgIpc) is 2.28. The summed E-state index contributed by atoms with van der Waals surface area (Å²) in [6.45, 7) is 8.81. The Morgan fingerprint density at radius 1 is 1.38 bits per heavy atom. The number of ether oxygens (including phenoxy) is 2. The summed E-state index contributed by atoms with van der Waals surface area (Å²) in [5.41, 5.74) is -0.413. The quantitative estimate of drug-likeness (QED) is 0.798. The van der Waals surface area contributed by atoms with Crippen molar-refractivity contribution in [3.05, 3.63) is 18.2 Å².